The third kappa shape index (κ3) is 32.4. The Morgan fingerprint density at radius 2 is 0.750 bits per heavy atom. The van der Waals surface area contributed by atoms with Gasteiger partial charge in [0.2, 0.25) is 0 Å². The number of hydrogen-bond acceptors (Lipinski definition) is 0. The van der Waals surface area contributed by atoms with E-state index in [-0.39, 0.29) is 0 Å². The number of hydrogen-bond donors (Lipinski definition) is 0. The van der Waals surface area contributed by atoms with Crippen LogP contribution in [-0.2, 0) is 0 Å². The molecule has 0 aromatic carbocycles. The minimum atomic E-state index is 0.886. The molecule has 12 heavy (non-hydrogen) atoms. The van der Waals surface area contributed by atoms with E-state index in [9.17, 15) is 0 Å². The van der Waals surface area contributed by atoms with Crippen molar-refractivity contribution in [3.8, 4) is 0 Å². The van der Waals surface area contributed by atoms with Crippen molar-refractivity contribution in [2.24, 2.45) is 11.8 Å². The normalized spacial score (nSPS) is 8.50. The monoisotopic (exact) mass is 174 g/mol. The average molecular weight is 174 g/mol. The van der Waals surface area contributed by atoms with Gasteiger partial charge in [-0.3, -0.25) is 0 Å². The second-order valence-corrected chi connectivity index (χ2v) is 3.37. The van der Waals surface area contributed by atoms with Gasteiger partial charge in [0.1, 0.15) is 0 Å². The van der Waals surface area contributed by atoms with Crippen LogP contribution in [0.15, 0.2) is 0 Å². The standard InChI is InChI=1S/C8H18.2C2H6/c1-7(2)5-6-8(3)4;2*1-2/h7-8H,5-6H2,1-4H3;2*1-2H3. The lowest BCUT2D eigenvalue weighted by Crippen LogP contribution is -1.91. The van der Waals surface area contributed by atoms with Gasteiger partial charge in [0.05, 0.1) is 0 Å². The third-order valence-electron chi connectivity index (χ3n) is 1.32. The fourth-order valence-corrected chi connectivity index (χ4v) is 0.667. The highest BCUT2D eigenvalue weighted by Gasteiger charge is 1.95. The van der Waals surface area contributed by atoms with Crippen molar-refractivity contribution in [3.05, 3.63) is 0 Å². The van der Waals surface area contributed by atoms with Crippen LogP contribution in [0, 0.1) is 11.8 Å². The first-order valence-corrected chi connectivity index (χ1v) is 5.63. The zero-order valence-electron chi connectivity index (χ0n) is 10.6. The summed E-state index contributed by atoms with van der Waals surface area (Å²) in [5.41, 5.74) is 0. The van der Waals surface area contributed by atoms with Crippen LogP contribution in [0.25, 0.3) is 0 Å². The second-order valence-electron chi connectivity index (χ2n) is 3.37. The first kappa shape index (κ1) is 17.9. The molecule has 0 N–H and O–H groups in total. The van der Waals surface area contributed by atoms with Crippen LogP contribution in [0.5, 0.6) is 0 Å². The molecule has 0 saturated heterocycles. The maximum atomic E-state index is 2.28. The van der Waals surface area contributed by atoms with Gasteiger partial charge in [-0.2, -0.15) is 0 Å². The highest BCUT2D eigenvalue weighted by atomic mass is 14.0. The van der Waals surface area contributed by atoms with E-state index in [2.05, 4.69) is 27.7 Å². The van der Waals surface area contributed by atoms with E-state index in [4.69, 9.17) is 0 Å². The quantitative estimate of drug-likeness (QED) is 0.556. The molecule has 0 heterocycles. The SMILES string of the molecule is CC.CC.CC(C)CCC(C)C. The second kappa shape index (κ2) is 17.2. The van der Waals surface area contributed by atoms with Crippen molar-refractivity contribution < 1.29 is 0 Å². The molecule has 78 valence electrons. The van der Waals surface area contributed by atoms with Crippen LogP contribution in [0.4, 0.5) is 0 Å². The summed E-state index contributed by atoms with van der Waals surface area (Å²) in [6.07, 6.45) is 2.77. The smallest absolute Gasteiger partial charge is 0.0471 e. The molecule has 0 bridgehead atoms. The van der Waals surface area contributed by atoms with E-state index in [1.807, 2.05) is 27.7 Å². The molecule has 0 aromatic rings. The van der Waals surface area contributed by atoms with Crippen molar-refractivity contribution in [2.45, 2.75) is 68.2 Å². The predicted molar refractivity (Wildman–Crippen MR) is 61.6 cm³/mol. The summed E-state index contributed by atoms with van der Waals surface area (Å²) < 4.78 is 0. The Balaban J connectivity index is -0.000000175. The van der Waals surface area contributed by atoms with Gasteiger partial charge in [-0.25, -0.2) is 0 Å². The Hall–Kier alpha value is 0. The Kier molecular flexibility index (Phi) is 25.7. The van der Waals surface area contributed by atoms with Crippen molar-refractivity contribution in [3.63, 3.8) is 0 Å². The predicted octanol–water partition coefficient (Wildman–Crippen LogP) is 5.13. The first-order chi connectivity index (χ1) is 5.63. The summed E-state index contributed by atoms with van der Waals surface area (Å²) in [6.45, 7) is 17.1. The van der Waals surface area contributed by atoms with Crippen LogP contribution in [0.1, 0.15) is 68.2 Å². The van der Waals surface area contributed by atoms with Crippen molar-refractivity contribution in [2.75, 3.05) is 0 Å². The molecule has 0 aliphatic rings. The Morgan fingerprint density at radius 3 is 0.833 bits per heavy atom. The molecule has 0 nitrogen and oxygen atoms in total. The molecular weight excluding hydrogens is 144 g/mol. The van der Waals surface area contributed by atoms with Gasteiger partial charge >= 0.3 is 0 Å². The maximum Gasteiger partial charge on any atom is -0.0471 e. The topological polar surface area (TPSA) is 0 Å². The molecule has 0 unspecified atom stereocenters. The van der Waals surface area contributed by atoms with Gasteiger partial charge in [0.15, 0.2) is 0 Å². The van der Waals surface area contributed by atoms with E-state index < -0.39 is 0 Å². The largest absolute Gasteiger partial charge is 0.0683 e. The highest BCUT2D eigenvalue weighted by Crippen LogP contribution is 2.09. The lowest BCUT2D eigenvalue weighted by molar-refractivity contribution is 0.476. The van der Waals surface area contributed by atoms with E-state index in [1.54, 1.807) is 0 Å². The average Bonchev–Trinajstić information content (AvgIpc) is 2.08. The van der Waals surface area contributed by atoms with Crippen LogP contribution in [0.2, 0.25) is 0 Å². The molecule has 0 rings (SSSR count). The first-order valence-electron chi connectivity index (χ1n) is 5.63. The van der Waals surface area contributed by atoms with E-state index in [1.165, 1.54) is 12.8 Å². The molecule has 0 heteroatoms. The summed E-state index contributed by atoms with van der Waals surface area (Å²) in [4.78, 5) is 0. The van der Waals surface area contributed by atoms with Crippen LogP contribution in [0.3, 0.4) is 0 Å². The number of rotatable bonds is 3. The van der Waals surface area contributed by atoms with E-state index in [0.29, 0.717) is 0 Å². The molecule has 0 amide bonds. The highest BCUT2D eigenvalue weighted by molar-refractivity contribution is 4.48. The maximum absolute atomic E-state index is 2.28. The minimum Gasteiger partial charge on any atom is -0.0683 e. The van der Waals surface area contributed by atoms with Crippen LogP contribution in [-0.4, -0.2) is 0 Å². The fourth-order valence-electron chi connectivity index (χ4n) is 0.667. The summed E-state index contributed by atoms with van der Waals surface area (Å²) in [7, 11) is 0. The zero-order chi connectivity index (χ0) is 10.6. The van der Waals surface area contributed by atoms with Crippen LogP contribution < -0.4 is 0 Å². The summed E-state index contributed by atoms with van der Waals surface area (Å²) in [5, 5.41) is 0. The molecule has 0 atom stereocenters. The molecule has 0 spiro atoms. The van der Waals surface area contributed by atoms with Crippen LogP contribution >= 0.6 is 0 Å². The van der Waals surface area contributed by atoms with Gasteiger partial charge in [0.25, 0.3) is 0 Å². The lowest BCUT2D eigenvalue weighted by atomic mass is 10.0. The fraction of sp³-hybridized carbons (Fsp3) is 1.00. The molecule has 0 aliphatic carbocycles. The summed E-state index contributed by atoms with van der Waals surface area (Å²) in [5.74, 6) is 1.77. The van der Waals surface area contributed by atoms with E-state index in [0.717, 1.165) is 11.8 Å². The third-order valence-corrected chi connectivity index (χ3v) is 1.32. The van der Waals surface area contributed by atoms with Gasteiger partial charge in [-0.05, 0) is 11.8 Å². The van der Waals surface area contributed by atoms with Crippen molar-refractivity contribution in [1.29, 1.82) is 0 Å². The minimum absolute atomic E-state index is 0.886. The Labute approximate surface area is 80.8 Å². The molecule has 0 aliphatic heterocycles. The lowest BCUT2D eigenvalue weighted by Gasteiger charge is -2.05. The van der Waals surface area contributed by atoms with Gasteiger partial charge < -0.3 is 0 Å². The Bertz CT molecular complexity index is 36.0. The molecule has 0 aromatic heterocycles. The van der Waals surface area contributed by atoms with Crippen molar-refractivity contribution >= 4 is 0 Å². The summed E-state index contributed by atoms with van der Waals surface area (Å²) >= 11 is 0. The molecule has 0 radical (unpaired) electrons. The van der Waals surface area contributed by atoms with Gasteiger partial charge in [-0.1, -0.05) is 68.2 Å². The van der Waals surface area contributed by atoms with Gasteiger partial charge in [-0.15, -0.1) is 0 Å². The Morgan fingerprint density at radius 1 is 0.583 bits per heavy atom. The zero-order valence-corrected chi connectivity index (χ0v) is 10.6. The molecular formula is C12H30. The molecule has 0 saturated carbocycles. The van der Waals surface area contributed by atoms with Gasteiger partial charge in [0, 0.05) is 0 Å². The van der Waals surface area contributed by atoms with Crippen molar-refractivity contribution in [1.82, 2.24) is 0 Å². The molecule has 0 fully saturated rings. The summed E-state index contributed by atoms with van der Waals surface area (Å²) in [6, 6.07) is 0. The van der Waals surface area contributed by atoms with E-state index >= 15 is 0 Å².